The fraction of sp³-hybridized carbons (Fsp3) is 0.440. The molecular weight excluding hydrogens is 520 g/mol. The van der Waals surface area contributed by atoms with E-state index >= 15 is 0 Å². The van der Waals surface area contributed by atoms with E-state index in [2.05, 4.69) is 15.2 Å². The van der Waals surface area contributed by atoms with Crippen molar-refractivity contribution in [1.82, 2.24) is 19.5 Å². The summed E-state index contributed by atoms with van der Waals surface area (Å²) in [5.74, 6) is 0. The van der Waals surface area contributed by atoms with Gasteiger partial charge in [-0.25, -0.2) is 16.8 Å². The third-order valence-electron chi connectivity index (χ3n) is 7.06. The lowest BCUT2D eigenvalue weighted by Crippen LogP contribution is -2.53. The molecule has 8 nitrogen and oxygen atoms in total. The van der Waals surface area contributed by atoms with Crippen LogP contribution in [0.5, 0.6) is 0 Å². The second-order valence-electron chi connectivity index (χ2n) is 9.49. The minimum Gasteiger partial charge on any atom is -0.343 e. The molecule has 1 atom stereocenters. The van der Waals surface area contributed by atoms with Crippen molar-refractivity contribution < 1.29 is 16.8 Å². The molecule has 2 saturated heterocycles. The molecule has 2 aliphatic rings. The second-order valence-corrected chi connectivity index (χ2v) is 13.7. The lowest BCUT2D eigenvalue weighted by molar-refractivity contribution is 0.202. The second kappa shape index (κ2) is 10.4. The molecule has 2 fully saturated rings. The molecule has 0 spiro atoms. The smallest absolute Gasteiger partial charge is 0.259 e. The Morgan fingerprint density at radius 2 is 1.69 bits per heavy atom. The normalized spacial score (nSPS) is 20.6. The molecule has 0 bridgehead atoms. The number of likely N-dealkylation sites (tertiary alicyclic amines) is 1. The number of fused-ring (bicyclic) bond motifs is 1. The largest absolute Gasteiger partial charge is 0.343 e. The predicted molar refractivity (Wildman–Crippen MR) is 141 cm³/mol. The van der Waals surface area contributed by atoms with E-state index in [1.807, 2.05) is 0 Å². The predicted octanol–water partition coefficient (Wildman–Crippen LogP) is 3.49. The molecule has 5 rings (SSSR count). The molecule has 2 aromatic carbocycles. The van der Waals surface area contributed by atoms with E-state index in [4.69, 9.17) is 11.6 Å². The number of rotatable bonds is 7. The van der Waals surface area contributed by atoms with Crippen molar-refractivity contribution >= 4 is 42.4 Å². The maximum atomic E-state index is 14.0. The van der Waals surface area contributed by atoms with Gasteiger partial charge < -0.3 is 15.2 Å². The maximum absolute atomic E-state index is 14.0. The first-order valence-corrected chi connectivity index (χ1v) is 15.6. The van der Waals surface area contributed by atoms with E-state index < -0.39 is 19.9 Å². The van der Waals surface area contributed by atoms with Crippen LogP contribution in [0.1, 0.15) is 25.7 Å². The molecule has 194 valence electrons. The Balaban J connectivity index is 1.49. The summed E-state index contributed by atoms with van der Waals surface area (Å²) >= 11 is 6.20. The molecule has 0 saturated carbocycles. The highest BCUT2D eigenvalue weighted by molar-refractivity contribution is 7.93. The van der Waals surface area contributed by atoms with E-state index in [0.29, 0.717) is 17.1 Å². The molecular formula is C25H31ClN4O4S2. The molecule has 1 aromatic heterocycles. The molecule has 2 aliphatic heterocycles. The molecule has 0 amide bonds. The number of aromatic nitrogens is 1. The zero-order valence-electron chi connectivity index (χ0n) is 20.0. The van der Waals surface area contributed by atoms with Gasteiger partial charge in [0, 0.05) is 41.6 Å². The fourth-order valence-electron chi connectivity index (χ4n) is 5.14. The van der Waals surface area contributed by atoms with Gasteiger partial charge in [-0.3, -0.25) is 0 Å². The molecule has 0 radical (unpaired) electrons. The van der Waals surface area contributed by atoms with Crippen molar-refractivity contribution in [3.63, 3.8) is 0 Å². The van der Waals surface area contributed by atoms with Gasteiger partial charge in [0.25, 0.3) is 10.0 Å². The molecule has 3 aromatic rings. The Labute approximate surface area is 217 Å². The van der Waals surface area contributed by atoms with Crippen LogP contribution in [0.3, 0.4) is 0 Å². The number of H-pyrrole nitrogens is 1. The van der Waals surface area contributed by atoms with Gasteiger partial charge in [0.05, 0.1) is 4.90 Å². The monoisotopic (exact) mass is 550 g/mol. The maximum Gasteiger partial charge on any atom is 0.259 e. The zero-order chi connectivity index (χ0) is 25.3. The fourth-order valence-corrected chi connectivity index (χ4v) is 9.01. The lowest BCUT2D eigenvalue weighted by Gasteiger charge is -2.34. The van der Waals surface area contributed by atoms with Gasteiger partial charge in [-0.05, 0) is 69.2 Å². The Bertz CT molecular complexity index is 1440. The number of piperidine rings is 1. The van der Waals surface area contributed by atoms with Crippen LogP contribution < -0.4 is 5.32 Å². The van der Waals surface area contributed by atoms with Gasteiger partial charge in [0.2, 0.25) is 9.84 Å². The number of nitrogens with zero attached hydrogens (tertiary/aromatic N) is 2. The van der Waals surface area contributed by atoms with Gasteiger partial charge in [0.1, 0.15) is 4.90 Å². The summed E-state index contributed by atoms with van der Waals surface area (Å²) in [6, 6.07) is 12.6. The number of aromatic amines is 1. The number of benzene rings is 2. The first-order valence-electron chi connectivity index (χ1n) is 12.3. The Morgan fingerprint density at radius 3 is 2.44 bits per heavy atom. The Kier molecular flexibility index (Phi) is 7.44. The molecule has 2 N–H and O–H groups in total. The average molecular weight is 551 g/mol. The highest BCUT2D eigenvalue weighted by Gasteiger charge is 2.38. The quantitative estimate of drug-likeness (QED) is 0.467. The third-order valence-corrected chi connectivity index (χ3v) is 11.1. The van der Waals surface area contributed by atoms with Crippen LogP contribution in [-0.4, -0.2) is 76.3 Å². The highest BCUT2D eigenvalue weighted by atomic mass is 35.5. The van der Waals surface area contributed by atoms with Crippen LogP contribution in [-0.2, 0) is 19.9 Å². The molecule has 0 aliphatic carbocycles. The van der Waals surface area contributed by atoms with Crippen LogP contribution in [0.15, 0.2) is 63.3 Å². The summed E-state index contributed by atoms with van der Waals surface area (Å²) in [6.45, 7) is 4.17. The first kappa shape index (κ1) is 25.7. The lowest BCUT2D eigenvalue weighted by atomic mass is 10.1. The van der Waals surface area contributed by atoms with Crippen LogP contribution in [0, 0.1) is 0 Å². The van der Waals surface area contributed by atoms with E-state index in [1.54, 1.807) is 30.3 Å². The van der Waals surface area contributed by atoms with Crippen LogP contribution in [0.2, 0.25) is 5.02 Å². The van der Waals surface area contributed by atoms with Gasteiger partial charge >= 0.3 is 0 Å². The van der Waals surface area contributed by atoms with Crippen molar-refractivity contribution in [3.8, 4) is 0 Å². The highest BCUT2D eigenvalue weighted by Crippen LogP contribution is 2.37. The van der Waals surface area contributed by atoms with E-state index in [1.165, 1.54) is 41.8 Å². The van der Waals surface area contributed by atoms with Crippen LogP contribution in [0.4, 0.5) is 0 Å². The van der Waals surface area contributed by atoms with Crippen molar-refractivity contribution in [2.24, 2.45) is 0 Å². The summed E-state index contributed by atoms with van der Waals surface area (Å²) in [5, 5.41) is 3.73. The summed E-state index contributed by atoms with van der Waals surface area (Å²) in [5.41, 5.74) is 0.407. The Hall–Kier alpha value is -1.95. The van der Waals surface area contributed by atoms with Gasteiger partial charge in [0.15, 0.2) is 5.03 Å². The first-order chi connectivity index (χ1) is 17.3. The summed E-state index contributed by atoms with van der Waals surface area (Å²) in [4.78, 5) is 5.12. The number of hydrogen-bond donors (Lipinski definition) is 2. The van der Waals surface area contributed by atoms with E-state index in [9.17, 15) is 16.8 Å². The summed E-state index contributed by atoms with van der Waals surface area (Å²) in [6.07, 6.45) is 4.53. The van der Waals surface area contributed by atoms with E-state index in [0.717, 1.165) is 26.1 Å². The van der Waals surface area contributed by atoms with Crippen molar-refractivity contribution in [3.05, 3.63) is 53.6 Å². The standard InChI is InChI=1S/C25H31ClN4O4S2/c26-19-9-10-23-22(17-19)24(35(31,32)21-7-3-1-4-8-21)25(28-23)36(33,34)30-16-12-27-20(18-30)11-15-29-13-5-2-6-14-29/h1,3-4,7-10,17,20,27-28H,2,5-6,11-16,18H2. The number of sulfone groups is 1. The van der Waals surface area contributed by atoms with Crippen LogP contribution >= 0.6 is 11.6 Å². The topological polar surface area (TPSA) is 103 Å². The van der Waals surface area contributed by atoms with Crippen molar-refractivity contribution in [1.29, 1.82) is 0 Å². The van der Waals surface area contributed by atoms with Gasteiger partial charge in [-0.15, -0.1) is 0 Å². The SMILES string of the molecule is O=S(=O)(c1ccccc1)c1c(S(=O)(=O)N2CCNC(CCN3CCCCC3)C2)[nH]c2ccc(Cl)cc12. The number of piperazine rings is 1. The molecule has 1 unspecified atom stereocenters. The number of nitrogens with one attached hydrogen (secondary N) is 2. The minimum atomic E-state index is -4.15. The minimum absolute atomic E-state index is 0.00320. The molecule has 11 heteroatoms. The number of hydrogen-bond acceptors (Lipinski definition) is 6. The van der Waals surface area contributed by atoms with Crippen molar-refractivity contribution in [2.45, 2.75) is 46.5 Å². The average Bonchev–Trinajstić information content (AvgIpc) is 3.29. The number of halogens is 1. The van der Waals surface area contributed by atoms with Gasteiger partial charge in [-0.1, -0.05) is 36.2 Å². The van der Waals surface area contributed by atoms with Crippen molar-refractivity contribution in [2.75, 3.05) is 39.3 Å². The Morgan fingerprint density at radius 1 is 0.944 bits per heavy atom. The summed E-state index contributed by atoms with van der Waals surface area (Å²) < 4.78 is 56.8. The zero-order valence-corrected chi connectivity index (χ0v) is 22.4. The van der Waals surface area contributed by atoms with Crippen LogP contribution in [0.25, 0.3) is 10.9 Å². The summed E-state index contributed by atoms with van der Waals surface area (Å²) in [7, 11) is -8.28. The number of sulfonamides is 1. The van der Waals surface area contributed by atoms with E-state index in [-0.39, 0.29) is 39.3 Å². The molecule has 3 heterocycles. The third kappa shape index (κ3) is 5.07. The molecule has 36 heavy (non-hydrogen) atoms. The van der Waals surface area contributed by atoms with Gasteiger partial charge in [-0.2, -0.15) is 4.31 Å².